The Bertz CT molecular complexity index is 766. The van der Waals surface area contributed by atoms with Crippen molar-refractivity contribution in [2.45, 2.75) is 0 Å². The fourth-order valence-corrected chi connectivity index (χ4v) is 1.86. The Hall–Kier alpha value is -2.89. The molecule has 0 radical (unpaired) electrons. The van der Waals surface area contributed by atoms with E-state index in [0.29, 0.717) is 22.3 Å². The van der Waals surface area contributed by atoms with Gasteiger partial charge >= 0.3 is 0 Å². The van der Waals surface area contributed by atoms with Crippen LogP contribution in [0.3, 0.4) is 0 Å². The maximum Gasteiger partial charge on any atom is 0.252 e. The van der Waals surface area contributed by atoms with Crippen molar-refractivity contribution in [1.82, 2.24) is 10.1 Å². The summed E-state index contributed by atoms with van der Waals surface area (Å²) in [6.07, 6.45) is 1.43. The average molecular weight is 255 g/mol. The summed E-state index contributed by atoms with van der Waals surface area (Å²) >= 11 is 0. The number of primary amides is 1. The molecule has 2 aromatic heterocycles. The van der Waals surface area contributed by atoms with Gasteiger partial charge in [-0.3, -0.25) is 4.79 Å². The highest BCUT2D eigenvalue weighted by Gasteiger charge is 2.13. The molecule has 94 valence electrons. The van der Waals surface area contributed by atoms with Crippen LogP contribution in [0.5, 0.6) is 5.75 Å². The highest BCUT2D eigenvalue weighted by Crippen LogP contribution is 2.29. The van der Waals surface area contributed by atoms with E-state index in [1.807, 2.05) is 0 Å². The second-order valence-corrected chi connectivity index (χ2v) is 3.98. The molecular weight excluding hydrogens is 246 g/mol. The van der Waals surface area contributed by atoms with E-state index in [4.69, 9.17) is 10.3 Å². The molecule has 0 bridgehead atoms. The summed E-state index contributed by atoms with van der Waals surface area (Å²) in [4.78, 5) is 15.5. The van der Waals surface area contributed by atoms with E-state index in [0.717, 1.165) is 0 Å². The molecule has 0 spiro atoms. The number of fused-ring (bicyclic) bond motifs is 1. The molecule has 3 N–H and O–H groups in total. The lowest BCUT2D eigenvalue weighted by atomic mass is 10.1. The molecule has 0 aliphatic rings. The van der Waals surface area contributed by atoms with Gasteiger partial charge in [-0.05, 0) is 12.1 Å². The van der Waals surface area contributed by atoms with Crippen molar-refractivity contribution < 1.29 is 14.4 Å². The van der Waals surface area contributed by atoms with Gasteiger partial charge in [-0.1, -0.05) is 17.3 Å². The summed E-state index contributed by atoms with van der Waals surface area (Å²) in [5.41, 5.74) is 6.61. The Labute approximate surface area is 107 Å². The fraction of sp³-hybridized carbons (Fsp3) is 0. The van der Waals surface area contributed by atoms with Gasteiger partial charge in [0.1, 0.15) is 17.5 Å². The molecule has 0 atom stereocenters. The number of hydrogen-bond donors (Lipinski definition) is 2. The highest BCUT2D eigenvalue weighted by molar-refractivity contribution is 6.01. The van der Waals surface area contributed by atoms with Gasteiger partial charge in [-0.2, -0.15) is 0 Å². The first-order chi connectivity index (χ1) is 9.16. The molecule has 3 rings (SSSR count). The molecule has 0 aliphatic carbocycles. The Balaban J connectivity index is 2.26. The normalized spacial score (nSPS) is 10.7. The lowest BCUT2D eigenvalue weighted by Gasteiger charge is -2.05. The number of carbonyl (C=O) groups excluding carboxylic acids is 1. The third-order valence-electron chi connectivity index (χ3n) is 2.80. The quantitative estimate of drug-likeness (QED) is 0.725. The molecule has 0 unspecified atom stereocenters. The van der Waals surface area contributed by atoms with Gasteiger partial charge in [0, 0.05) is 11.5 Å². The highest BCUT2D eigenvalue weighted by atomic mass is 16.5. The van der Waals surface area contributed by atoms with E-state index in [2.05, 4.69) is 10.1 Å². The Morgan fingerprint density at radius 1 is 1.16 bits per heavy atom. The van der Waals surface area contributed by atoms with Crippen LogP contribution in [-0.2, 0) is 0 Å². The molecule has 1 amide bonds. The van der Waals surface area contributed by atoms with E-state index >= 15 is 0 Å². The average Bonchev–Trinajstić information content (AvgIpc) is 2.92. The molecule has 0 fully saturated rings. The van der Waals surface area contributed by atoms with Crippen molar-refractivity contribution in [2.75, 3.05) is 0 Å². The number of rotatable bonds is 2. The van der Waals surface area contributed by atoms with Crippen LogP contribution in [0.4, 0.5) is 0 Å². The minimum absolute atomic E-state index is 0.0392. The Morgan fingerprint density at radius 3 is 2.63 bits per heavy atom. The molecule has 19 heavy (non-hydrogen) atoms. The van der Waals surface area contributed by atoms with Gasteiger partial charge in [0.25, 0.3) is 5.91 Å². The number of carbonyl (C=O) groups is 1. The maximum atomic E-state index is 11.2. The lowest BCUT2D eigenvalue weighted by molar-refractivity contribution is 0.0998. The SMILES string of the molecule is NC(=O)c1ccc2ccc(-c3ccon3)nc2c1O. The predicted octanol–water partition coefficient (Wildman–Crippen LogP) is 1.69. The van der Waals surface area contributed by atoms with Crippen molar-refractivity contribution in [3.8, 4) is 17.1 Å². The molecule has 6 heteroatoms. The molecule has 6 nitrogen and oxygen atoms in total. The molecule has 3 aromatic rings. The monoisotopic (exact) mass is 255 g/mol. The van der Waals surface area contributed by atoms with Gasteiger partial charge in [0.15, 0.2) is 5.75 Å². The summed E-state index contributed by atoms with van der Waals surface area (Å²) in [6, 6.07) is 8.33. The van der Waals surface area contributed by atoms with Gasteiger partial charge in [-0.15, -0.1) is 0 Å². The number of nitrogens with two attached hydrogens (primary N) is 1. The molecular formula is C13H9N3O3. The van der Waals surface area contributed by atoms with Crippen LogP contribution in [0.1, 0.15) is 10.4 Å². The van der Waals surface area contributed by atoms with E-state index in [1.165, 1.54) is 12.3 Å². The number of phenols is 1. The maximum absolute atomic E-state index is 11.2. The smallest absolute Gasteiger partial charge is 0.252 e. The first-order valence-electron chi connectivity index (χ1n) is 5.50. The molecule has 0 saturated heterocycles. The first kappa shape index (κ1) is 11.2. The first-order valence-corrected chi connectivity index (χ1v) is 5.50. The van der Waals surface area contributed by atoms with Gasteiger partial charge in [-0.25, -0.2) is 4.98 Å². The largest absolute Gasteiger partial charge is 0.505 e. The third-order valence-corrected chi connectivity index (χ3v) is 2.80. The van der Waals surface area contributed by atoms with Gasteiger partial charge < -0.3 is 15.4 Å². The van der Waals surface area contributed by atoms with Gasteiger partial charge in [0.05, 0.1) is 11.3 Å². The van der Waals surface area contributed by atoms with Crippen LogP contribution >= 0.6 is 0 Å². The number of aromatic hydroxyl groups is 1. The van der Waals surface area contributed by atoms with Crippen LogP contribution in [0.25, 0.3) is 22.3 Å². The Morgan fingerprint density at radius 2 is 1.95 bits per heavy atom. The summed E-state index contributed by atoms with van der Waals surface area (Å²) < 4.78 is 4.75. The van der Waals surface area contributed by atoms with Crippen LogP contribution in [0, 0.1) is 0 Å². The fourth-order valence-electron chi connectivity index (χ4n) is 1.86. The van der Waals surface area contributed by atoms with Gasteiger partial charge in [0.2, 0.25) is 0 Å². The second kappa shape index (κ2) is 4.09. The third kappa shape index (κ3) is 1.79. The zero-order valence-corrected chi connectivity index (χ0v) is 9.70. The van der Waals surface area contributed by atoms with Crippen molar-refractivity contribution in [1.29, 1.82) is 0 Å². The minimum Gasteiger partial charge on any atom is -0.505 e. The number of hydrogen-bond acceptors (Lipinski definition) is 5. The topological polar surface area (TPSA) is 102 Å². The van der Waals surface area contributed by atoms with Crippen LogP contribution in [-0.4, -0.2) is 21.2 Å². The van der Waals surface area contributed by atoms with Crippen LogP contribution in [0.2, 0.25) is 0 Å². The predicted molar refractivity (Wildman–Crippen MR) is 67.4 cm³/mol. The summed E-state index contributed by atoms with van der Waals surface area (Å²) in [7, 11) is 0. The standard InChI is InChI=1S/C13H9N3O3/c14-13(18)8-3-1-7-2-4-9(10-5-6-19-16-10)15-11(7)12(8)17/h1-6,17H,(H2,14,18). The number of aromatic nitrogens is 2. The van der Waals surface area contributed by atoms with Crippen molar-refractivity contribution in [3.05, 3.63) is 42.2 Å². The number of pyridine rings is 1. The van der Waals surface area contributed by atoms with E-state index in [1.54, 1.807) is 24.3 Å². The summed E-state index contributed by atoms with van der Waals surface area (Å²) in [5.74, 6) is -0.927. The Kier molecular flexibility index (Phi) is 2.42. The summed E-state index contributed by atoms with van der Waals surface area (Å²) in [6.45, 7) is 0. The summed E-state index contributed by atoms with van der Waals surface area (Å²) in [5, 5.41) is 14.5. The second-order valence-electron chi connectivity index (χ2n) is 3.98. The zero-order chi connectivity index (χ0) is 13.4. The van der Waals surface area contributed by atoms with Crippen molar-refractivity contribution >= 4 is 16.8 Å². The molecule has 1 aromatic carbocycles. The number of benzene rings is 1. The van der Waals surface area contributed by atoms with E-state index in [-0.39, 0.29) is 11.3 Å². The lowest BCUT2D eigenvalue weighted by Crippen LogP contribution is -2.11. The number of nitrogens with zero attached hydrogens (tertiary/aromatic N) is 2. The zero-order valence-electron chi connectivity index (χ0n) is 9.70. The van der Waals surface area contributed by atoms with Crippen LogP contribution in [0.15, 0.2) is 41.1 Å². The van der Waals surface area contributed by atoms with Crippen LogP contribution < -0.4 is 5.73 Å². The minimum atomic E-state index is -0.701. The molecule has 0 aliphatic heterocycles. The number of amides is 1. The van der Waals surface area contributed by atoms with E-state index < -0.39 is 5.91 Å². The van der Waals surface area contributed by atoms with Crippen molar-refractivity contribution in [2.24, 2.45) is 5.73 Å². The van der Waals surface area contributed by atoms with E-state index in [9.17, 15) is 9.90 Å². The van der Waals surface area contributed by atoms with Crippen molar-refractivity contribution in [3.63, 3.8) is 0 Å². The molecule has 0 saturated carbocycles. The molecule has 2 heterocycles.